The quantitative estimate of drug-likeness (QED) is 0.751. The van der Waals surface area contributed by atoms with E-state index >= 15 is 0 Å². The summed E-state index contributed by atoms with van der Waals surface area (Å²) in [5.41, 5.74) is 1.17. The molecular weight excluding hydrogens is 242 g/mol. The number of benzene rings is 1. The van der Waals surface area contributed by atoms with Crippen LogP contribution in [-0.2, 0) is 11.2 Å². The Hall–Kier alpha value is -0.960. The number of nitrogens with zero attached hydrogens (tertiary/aromatic N) is 1. The number of carbonyl (C=O) groups excluding carboxylic acids is 1. The number of hydrogen-bond acceptors (Lipinski definition) is 2. The lowest BCUT2D eigenvalue weighted by Crippen LogP contribution is -2.38. The van der Waals surface area contributed by atoms with E-state index in [1.165, 1.54) is 5.56 Å². The van der Waals surface area contributed by atoms with Crippen LogP contribution in [0, 0.1) is 0 Å². The number of thiol groups is 1. The lowest BCUT2D eigenvalue weighted by Gasteiger charge is -2.24. The van der Waals surface area contributed by atoms with Gasteiger partial charge in [0.25, 0.3) is 0 Å². The zero-order chi connectivity index (χ0) is 13.4. The van der Waals surface area contributed by atoms with Gasteiger partial charge in [0.2, 0.25) is 5.91 Å². The van der Waals surface area contributed by atoms with Crippen molar-refractivity contribution in [1.29, 1.82) is 0 Å². The second-order valence-corrected chi connectivity index (χ2v) is 5.15. The molecule has 1 rings (SSSR count). The minimum atomic E-state index is -0.231. The normalized spacial score (nSPS) is 12.2. The SMILES string of the molecule is CCCN(CCC)C(=O)C(S)Cc1ccccc1. The smallest absolute Gasteiger partial charge is 0.235 e. The van der Waals surface area contributed by atoms with E-state index in [-0.39, 0.29) is 11.2 Å². The first kappa shape index (κ1) is 15.1. The highest BCUT2D eigenvalue weighted by Gasteiger charge is 2.20. The van der Waals surface area contributed by atoms with E-state index < -0.39 is 0 Å². The lowest BCUT2D eigenvalue weighted by atomic mass is 10.1. The molecule has 0 fully saturated rings. The Balaban J connectivity index is 2.58. The molecular formula is C15H23NOS. The van der Waals surface area contributed by atoms with Gasteiger partial charge < -0.3 is 4.90 Å². The minimum absolute atomic E-state index is 0.158. The average Bonchev–Trinajstić information content (AvgIpc) is 2.39. The van der Waals surface area contributed by atoms with Crippen LogP contribution in [0.4, 0.5) is 0 Å². The van der Waals surface area contributed by atoms with E-state index in [1.807, 2.05) is 35.2 Å². The van der Waals surface area contributed by atoms with Crippen molar-refractivity contribution >= 4 is 18.5 Å². The minimum Gasteiger partial charge on any atom is -0.342 e. The van der Waals surface area contributed by atoms with E-state index in [1.54, 1.807) is 0 Å². The van der Waals surface area contributed by atoms with Crippen LogP contribution in [0.15, 0.2) is 30.3 Å². The fourth-order valence-corrected chi connectivity index (χ4v) is 2.38. The molecule has 1 aromatic carbocycles. The van der Waals surface area contributed by atoms with Crippen molar-refractivity contribution in [1.82, 2.24) is 4.90 Å². The van der Waals surface area contributed by atoms with Crippen molar-refractivity contribution in [2.45, 2.75) is 38.4 Å². The predicted molar refractivity (Wildman–Crippen MR) is 80.1 cm³/mol. The summed E-state index contributed by atoms with van der Waals surface area (Å²) < 4.78 is 0. The van der Waals surface area contributed by atoms with Crippen molar-refractivity contribution in [3.8, 4) is 0 Å². The van der Waals surface area contributed by atoms with Crippen LogP contribution in [0.2, 0.25) is 0 Å². The van der Waals surface area contributed by atoms with Gasteiger partial charge in [-0.2, -0.15) is 12.6 Å². The standard InChI is InChI=1S/C15H23NOS/c1-3-10-16(11-4-2)15(17)14(18)12-13-8-6-5-7-9-13/h5-9,14,18H,3-4,10-12H2,1-2H3. The molecule has 0 bridgehead atoms. The topological polar surface area (TPSA) is 20.3 Å². The van der Waals surface area contributed by atoms with Gasteiger partial charge >= 0.3 is 0 Å². The Morgan fingerprint density at radius 1 is 1.17 bits per heavy atom. The maximum Gasteiger partial charge on any atom is 0.235 e. The molecule has 0 aliphatic carbocycles. The molecule has 0 heterocycles. The third kappa shape index (κ3) is 4.73. The third-order valence-corrected chi connectivity index (χ3v) is 3.26. The highest BCUT2D eigenvalue weighted by Crippen LogP contribution is 2.11. The van der Waals surface area contributed by atoms with Crippen molar-refractivity contribution in [3.05, 3.63) is 35.9 Å². The van der Waals surface area contributed by atoms with Crippen LogP contribution < -0.4 is 0 Å². The van der Waals surface area contributed by atoms with Crippen molar-refractivity contribution in [2.75, 3.05) is 13.1 Å². The molecule has 0 aliphatic heterocycles. The molecule has 0 aliphatic rings. The molecule has 0 spiro atoms. The molecule has 0 N–H and O–H groups in total. The zero-order valence-corrected chi connectivity index (χ0v) is 12.2. The molecule has 1 atom stereocenters. The third-order valence-electron chi connectivity index (χ3n) is 2.86. The van der Waals surface area contributed by atoms with Crippen LogP contribution in [0.3, 0.4) is 0 Å². The molecule has 18 heavy (non-hydrogen) atoms. The first-order valence-electron chi connectivity index (χ1n) is 6.69. The highest BCUT2D eigenvalue weighted by molar-refractivity contribution is 7.81. The highest BCUT2D eigenvalue weighted by atomic mass is 32.1. The van der Waals surface area contributed by atoms with Gasteiger partial charge in [-0.25, -0.2) is 0 Å². The van der Waals surface area contributed by atoms with Gasteiger partial charge in [-0.05, 0) is 24.8 Å². The first-order valence-corrected chi connectivity index (χ1v) is 7.21. The van der Waals surface area contributed by atoms with Crippen LogP contribution in [0.25, 0.3) is 0 Å². The molecule has 3 heteroatoms. The Morgan fingerprint density at radius 3 is 2.22 bits per heavy atom. The molecule has 0 radical (unpaired) electrons. The molecule has 1 amide bonds. The van der Waals surface area contributed by atoms with E-state index in [2.05, 4.69) is 26.5 Å². The molecule has 100 valence electrons. The number of amides is 1. The maximum absolute atomic E-state index is 12.3. The summed E-state index contributed by atoms with van der Waals surface area (Å²) in [6.45, 7) is 5.86. The zero-order valence-electron chi connectivity index (χ0n) is 11.3. The number of hydrogen-bond donors (Lipinski definition) is 1. The van der Waals surface area contributed by atoms with Gasteiger partial charge in [-0.1, -0.05) is 44.2 Å². The summed E-state index contributed by atoms with van der Waals surface area (Å²) in [5, 5.41) is -0.231. The summed E-state index contributed by atoms with van der Waals surface area (Å²) in [6, 6.07) is 10.1. The second kappa shape index (κ2) is 8.20. The van der Waals surface area contributed by atoms with Crippen molar-refractivity contribution in [2.24, 2.45) is 0 Å². The van der Waals surface area contributed by atoms with Crippen LogP contribution in [0.5, 0.6) is 0 Å². The molecule has 0 saturated carbocycles. The fourth-order valence-electron chi connectivity index (χ4n) is 2.01. The summed E-state index contributed by atoms with van der Waals surface area (Å²) in [4.78, 5) is 14.2. The monoisotopic (exact) mass is 265 g/mol. The lowest BCUT2D eigenvalue weighted by molar-refractivity contribution is -0.130. The Bertz CT molecular complexity index is 347. The maximum atomic E-state index is 12.3. The molecule has 0 saturated heterocycles. The summed E-state index contributed by atoms with van der Waals surface area (Å²) >= 11 is 4.47. The van der Waals surface area contributed by atoms with Gasteiger partial charge in [0.15, 0.2) is 0 Å². The van der Waals surface area contributed by atoms with Gasteiger partial charge in [0.05, 0.1) is 5.25 Å². The Morgan fingerprint density at radius 2 is 1.72 bits per heavy atom. The first-order chi connectivity index (χ1) is 8.69. The number of rotatable bonds is 7. The van der Waals surface area contributed by atoms with Crippen LogP contribution >= 0.6 is 12.6 Å². The van der Waals surface area contributed by atoms with Gasteiger partial charge in [-0.3, -0.25) is 4.79 Å². The molecule has 1 unspecified atom stereocenters. The Kier molecular flexibility index (Phi) is 6.88. The fraction of sp³-hybridized carbons (Fsp3) is 0.533. The van der Waals surface area contributed by atoms with Crippen LogP contribution in [0.1, 0.15) is 32.3 Å². The summed E-state index contributed by atoms with van der Waals surface area (Å²) in [5.74, 6) is 0.158. The Labute approximate surface area is 116 Å². The molecule has 1 aromatic rings. The molecule has 0 aromatic heterocycles. The van der Waals surface area contributed by atoms with E-state index in [4.69, 9.17) is 0 Å². The summed E-state index contributed by atoms with van der Waals surface area (Å²) in [7, 11) is 0. The summed E-state index contributed by atoms with van der Waals surface area (Å²) in [6.07, 6.45) is 2.70. The van der Waals surface area contributed by atoms with Gasteiger partial charge in [0.1, 0.15) is 0 Å². The van der Waals surface area contributed by atoms with E-state index in [9.17, 15) is 4.79 Å². The van der Waals surface area contributed by atoms with Gasteiger partial charge in [0, 0.05) is 13.1 Å². The largest absolute Gasteiger partial charge is 0.342 e. The van der Waals surface area contributed by atoms with Crippen molar-refractivity contribution < 1.29 is 4.79 Å². The predicted octanol–water partition coefficient (Wildman–Crippen LogP) is 3.18. The average molecular weight is 265 g/mol. The molecule has 2 nitrogen and oxygen atoms in total. The van der Waals surface area contributed by atoms with Crippen LogP contribution in [-0.4, -0.2) is 29.1 Å². The second-order valence-electron chi connectivity index (χ2n) is 4.53. The van der Waals surface area contributed by atoms with E-state index in [0.717, 1.165) is 25.9 Å². The van der Waals surface area contributed by atoms with E-state index in [0.29, 0.717) is 6.42 Å². The van der Waals surface area contributed by atoms with Gasteiger partial charge in [-0.15, -0.1) is 0 Å². The number of carbonyl (C=O) groups is 1. The van der Waals surface area contributed by atoms with Crippen molar-refractivity contribution in [3.63, 3.8) is 0 Å².